The lowest BCUT2D eigenvalue weighted by Crippen LogP contribution is -2.27. The molecule has 0 aliphatic carbocycles. The van der Waals surface area contributed by atoms with Gasteiger partial charge in [0, 0.05) is 5.02 Å². The molecule has 1 aliphatic rings. The predicted molar refractivity (Wildman–Crippen MR) is 102 cm³/mol. The molecule has 1 N–H and O–H groups in total. The molecule has 1 aliphatic heterocycles. The monoisotopic (exact) mass is 407 g/mol. The minimum Gasteiger partial charge on any atom is -0.504 e. The van der Waals surface area contributed by atoms with Crippen molar-refractivity contribution in [1.29, 1.82) is 0 Å². The third-order valence-electron chi connectivity index (χ3n) is 3.80. The molecule has 1 heterocycles. The molecule has 1 fully saturated rings. The van der Waals surface area contributed by atoms with Crippen molar-refractivity contribution < 1.29 is 23.8 Å². The maximum Gasteiger partial charge on any atom is 0.293 e. The van der Waals surface area contributed by atoms with Gasteiger partial charge < -0.3 is 9.84 Å². The fourth-order valence-corrected chi connectivity index (χ4v) is 3.56. The highest BCUT2D eigenvalue weighted by Gasteiger charge is 2.35. The Kier molecular flexibility index (Phi) is 5.72. The Labute approximate surface area is 164 Å². The van der Waals surface area contributed by atoms with Crippen LogP contribution >= 0.6 is 23.4 Å². The van der Waals surface area contributed by atoms with Crippen LogP contribution in [0.3, 0.4) is 0 Å². The van der Waals surface area contributed by atoms with Gasteiger partial charge in [0.15, 0.2) is 11.5 Å². The quantitative estimate of drug-likeness (QED) is 0.720. The van der Waals surface area contributed by atoms with Gasteiger partial charge in [-0.05, 0) is 60.2 Å². The molecule has 2 aromatic rings. The summed E-state index contributed by atoms with van der Waals surface area (Å²) in [6, 6.07) is 8.46. The number of carbonyl (C=O) groups excluding carboxylic acids is 2. The van der Waals surface area contributed by atoms with E-state index < -0.39 is 17.0 Å². The van der Waals surface area contributed by atoms with Crippen LogP contribution in [0.15, 0.2) is 41.3 Å². The summed E-state index contributed by atoms with van der Waals surface area (Å²) in [5.41, 5.74) is 1.09. The van der Waals surface area contributed by atoms with Crippen molar-refractivity contribution in [3.63, 3.8) is 0 Å². The molecule has 0 aromatic heterocycles. The predicted octanol–water partition coefficient (Wildman–Crippen LogP) is 4.82. The van der Waals surface area contributed by atoms with Gasteiger partial charge in [-0.15, -0.1) is 0 Å². The van der Waals surface area contributed by atoms with Gasteiger partial charge >= 0.3 is 0 Å². The van der Waals surface area contributed by atoms with E-state index in [4.69, 9.17) is 16.3 Å². The van der Waals surface area contributed by atoms with Crippen LogP contribution in [-0.2, 0) is 11.3 Å². The molecule has 2 aromatic carbocycles. The lowest BCUT2D eigenvalue weighted by molar-refractivity contribution is -0.123. The molecule has 5 nitrogen and oxygen atoms in total. The number of ether oxygens (including phenoxy) is 1. The third kappa shape index (κ3) is 4.26. The molecule has 140 valence electrons. The molecule has 0 saturated carbocycles. The fraction of sp³-hybridized carbons (Fsp3) is 0.158. The van der Waals surface area contributed by atoms with Crippen molar-refractivity contribution >= 4 is 40.6 Å². The molecule has 27 heavy (non-hydrogen) atoms. The molecule has 2 amide bonds. The summed E-state index contributed by atoms with van der Waals surface area (Å²) in [5.74, 6) is -0.664. The molecular formula is C19H15ClFNO4S. The van der Waals surface area contributed by atoms with Gasteiger partial charge in [-0.3, -0.25) is 14.5 Å². The number of amides is 2. The maximum absolute atomic E-state index is 13.2. The first kappa shape index (κ1) is 19.3. The van der Waals surface area contributed by atoms with Crippen LogP contribution in [0.1, 0.15) is 18.1 Å². The van der Waals surface area contributed by atoms with Crippen LogP contribution in [0.4, 0.5) is 9.18 Å². The number of imide groups is 1. The van der Waals surface area contributed by atoms with Crippen LogP contribution in [0.2, 0.25) is 5.02 Å². The van der Waals surface area contributed by atoms with Crippen molar-refractivity contribution in [2.24, 2.45) is 0 Å². The summed E-state index contributed by atoms with van der Waals surface area (Å²) >= 11 is 6.79. The summed E-state index contributed by atoms with van der Waals surface area (Å²) in [5, 5.41) is 9.47. The van der Waals surface area contributed by atoms with E-state index in [0.29, 0.717) is 23.5 Å². The topological polar surface area (TPSA) is 66.8 Å². The second kappa shape index (κ2) is 8.02. The molecular weight excluding hydrogens is 393 g/mol. The Morgan fingerprint density at radius 2 is 2.04 bits per heavy atom. The molecule has 0 spiro atoms. The van der Waals surface area contributed by atoms with E-state index in [1.807, 2.05) is 0 Å². The van der Waals surface area contributed by atoms with Crippen LogP contribution < -0.4 is 4.74 Å². The Morgan fingerprint density at radius 3 is 2.74 bits per heavy atom. The fourth-order valence-electron chi connectivity index (χ4n) is 2.50. The third-order valence-corrected chi connectivity index (χ3v) is 5.06. The number of rotatable bonds is 5. The number of benzene rings is 2. The number of phenols is 1. The second-order valence-corrected chi connectivity index (χ2v) is 7.06. The van der Waals surface area contributed by atoms with Crippen molar-refractivity contribution in [2.75, 3.05) is 6.61 Å². The average Bonchev–Trinajstić information content (AvgIpc) is 2.87. The number of hydrogen-bond acceptors (Lipinski definition) is 5. The Morgan fingerprint density at radius 1 is 1.26 bits per heavy atom. The lowest BCUT2D eigenvalue weighted by Gasteiger charge is -2.13. The summed E-state index contributed by atoms with van der Waals surface area (Å²) < 4.78 is 18.5. The highest BCUT2D eigenvalue weighted by Crippen LogP contribution is 2.35. The minimum absolute atomic E-state index is 0.00643. The summed E-state index contributed by atoms with van der Waals surface area (Å²) in [7, 11) is 0. The Bertz CT molecular complexity index is 947. The highest BCUT2D eigenvalue weighted by atomic mass is 35.5. The van der Waals surface area contributed by atoms with Gasteiger partial charge in [-0.2, -0.15) is 0 Å². The molecule has 8 heteroatoms. The number of carbonyl (C=O) groups is 2. The Hall–Kier alpha value is -2.51. The number of nitrogens with zero attached hydrogens (tertiary/aromatic N) is 1. The molecule has 0 unspecified atom stereocenters. The smallest absolute Gasteiger partial charge is 0.293 e. The molecule has 0 radical (unpaired) electrons. The van der Waals surface area contributed by atoms with Crippen molar-refractivity contribution in [3.8, 4) is 11.5 Å². The van der Waals surface area contributed by atoms with Crippen LogP contribution in [0.5, 0.6) is 11.5 Å². The lowest BCUT2D eigenvalue weighted by atomic mass is 10.1. The van der Waals surface area contributed by atoms with E-state index in [0.717, 1.165) is 22.7 Å². The van der Waals surface area contributed by atoms with Gasteiger partial charge in [0.05, 0.1) is 18.1 Å². The SMILES string of the molecule is CCOc1cc(/C=C2\SC(=O)N(Cc3ccc(F)cc3Cl)C2=O)ccc1O. The van der Waals surface area contributed by atoms with E-state index in [-0.39, 0.29) is 22.2 Å². The minimum atomic E-state index is -0.491. The number of phenolic OH excluding ortho intramolecular Hbond substituents is 1. The first-order valence-electron chi connectivity index (χ1n) is 8.04. The van der Waals surface area contributed by atoms with Crippen molar-refractivity contribution in [2.45, 2.75) is 13.5 Å². The standard InChI is InChI=1S/C19H15ClFNO4S/c1-2-26-16-7-11(3-6-15(16)23)8-17-18(24)22(19(25)27-17)10-12-4-5-13(21)9-14(12)20/h3-9,23H,2,10H2,1H3/b17-8-. The van der Waals surface area contributed by atoms with Crippen LogP contribution in [0, 0.1) is 5.82 Å². The maximum atomic E-state index is 13.2. The number of hydrogen-bond donors (Lipinski definition) is 1. The molecule has 1 saturated heterocycles. The average molecular weight is 408 g/mol. The van der Waals surface area contributed by atoms with E-state index in [1.54, 1.807) is 25.1 Å². The van der Waals surface area contributed by atoms with Gasteiger partial charge in [-0.25, -0.2) is 4.39 Å². The van der Waals surface area contributed by atoms with E-state index in [1.165, 1.54) is 18.2 Å². The summed E-state index contributed by atoms with van der Waals surface area (Å²) in [6.45, 7) is 2.13. The Balaban J connectivity index is 1.83. The van der Waals surface area contributed by atoms with Gasteiger partial charge in [0.25, 0.3) is 11.1 Å². The van der Waals surface area contributed by atoms with Crippen LogP contribution in [-0.4, -0.2) is 27.8 Å². The normalized spacial score (nSPS) is 15.7. The first-order chi connectivity index (χ1) is 12.9. The van der Waals surface area contributed by atoms with Gasteiger partial charge in [0.2, 0.25) is 0 Å². The van der Waals surface area contributed by atoms with Crippen LogP contribution in [0.25, 0.3) is 6.08 Å². The van der Waals surface area contributed by atoms with E-state index >= 15 is 0 Å². The van der Waals surface area contributed by atoms with E-state index in [9.17, 15) is 19.1 Å². The zero-order chi connectivity index (χ0) is 19.6. The largest absolute Gasteiger partial charge is 0.504 e. The molecule has 3 rings (SSSR count). The van der Waals surface area contributed by atoms with Gasteiger partial charge in [0.1, 0.15) is 5.82 Å². The number of thioether (sulfide) groups is 1. The van der Waals surface area contributed by atoms with Crippen molar-refractivity contribution in [3.05, 3.63) is 63.3 Å². The highest BCUT2D eigenvalue weighted by molar-refractivity contribution is 8.18. The number of aromatic hydroxyl groups is 1. The molecule has 0 bridgehead atoms. The zero-order valence-electron chi connectivity index (χ0n) is 14.2. The zero-order valence-corrected chi connectivity index (χ0v) is 15.8. The number of halogens is 2. The van der Waals surface area contributed by atoms with Gasteiger partial charge in [-0.1, -0.05) is 23.7 Å². The first-order valence-corrected chi connectivity index (χ1v) is 9.23. The summed E-state index contributed by atoms with van der Waals surface area (Å²) in [4.78, 5) is 26.1. The van der Waals surface area contributed by atoms with Crippen molar-refractivity contribution in [1.82, 2.24) is 4.90 Å². The molecule has 0 atom stereocenters. The summed E-state index contributed by atoms with van der Waals surface area (Å²) in [6.07, 6.45) is 1.55. The second-order valence-electron chi connectivity index (χ2n) is 5.66. The van der Waals surface area contributed by atoms with E-state index in [2.05, 4.69) is 0 Å².